The molecule has 2 heterocycles. The van der Waals surface area contributed by atoms with E-state index in [1.54, 1.807) is 12.1 Å². The number of carbonyl (C=O) groups is 1. The molecule has 5 nitrogen and oxygen atoms in total. The number of carboxylic acids is 1. The van der Waals surface area contributed by atoms with Crippen molar-refractivity contribution < 1.29 is 14.6 Å². The normalized spacial score (nSPS) is 12.2. The maximum atomic E-state index is 11.6. The molecule has 0 aliphatic heterocycles. The van der Waals surface area contributed by atoms with E-state index in [9.17, 15) is 9.90 Å². The van der Waals surface area contributed by atoms with Crippen LogP contribution in [0.25, 0.3) is 16.8 Å². The summed E-state index contributed by atoms with van der Waals surface area (Å²) in [6.45, 7) is 6.98. The van der Waals surface area contributed by atoms with Gasteiger partial charge in [-0.15, -0.1) is 0 Å². The zero-order valence-electron chi connectivity index (χ0n) is 19.4. The van der Waals surface area contributed by atoms with E-state index in [4.69, 9.17) is 9.72 Å². The highest BCUT2D eigenvalue weighted by atomic mass is 16.5. The quantitative estimate of drug-likeness (QED) is 0.322. The lowest BCUT2D eigenvalue weighted by atomic mass is 9.97. The molecule has 1 atom stereocenters. The van der Waals surface area contributed by atoms with Crippen LogP contribution in [0.3, 0.4) is 0 Å². The molecule has 5 heteroatoms. The minimum absolute atomic E-state index is 0.250. The Morgan fingerprint density at radius 3 is 2.48 bits per heavy atom. The summed E-state index contributed by atoms with van der Waals surface area (Å²) in [5.74, 6) is -0.927. The molecule has 0 aliphatic rings. The van der Waals surface area contributed by atoms with Crippen molar-refractivity contribution in [2.24, 2.45) is 0 Å². The predicted molar refractivity (Wildman–Crippen MR) is 131 cm³/mol. The van der Waals surface area contributed by atoms with Crippen LogP contribution in [0.15, 0.2) is 66.9 Å². The first-order valence-electron chi connectivity index (χ1n) is 11.5. The van der Waals surface area contributed by atoms with E-state index in [1.807, 2.05) is 36.4 Å². The third-order valence-corrected chi connectivity index (χ3v) is 5.84. The molecule has 0 bridgehead atoms. The molecule has 0 unspecified atom stereocenters. The minimum Gasteiger partial charge on any atom is -0.478 e. The Balaban J connectivity index is 1.76. The summed E-state index contributed by atoms with van der Waals surface area (Å²) in [5.41, 5.74) is 7.12. The average Bonchev–Trinajstić information content (AvgIpc) is 3.26. The summed E-state index contributed by atoms with van der Waals surface area (Å²) < 4.78 is 8.51. The third-order valence-electron chi connectivity index (χ3n) is 5.84. The molecule has 0 amide bonds. The van der Waals surface area contributed by atoms with E-state index in [2.05, 4.69) is 43.5 Å². The number of hydrogen-bond acceptors (Lipinski definition) is 3. The van der Waals surface area contributed by atoms with Crippen molar-refractivity contribution in [2.75, 3.05) is 6.61 Å². The molecule has 2 aromatic heterocycles. The number of aromatic carboxylic acids is 1. The fourth-order valence-corrected chi connectivity index (χ4v) is 4.21. The molecule has 0 spiro atoms. The van der Waals surface area contributed by atoms with Crippen LogP contribution in [-0.4, -0.2) is 27.1 Å². The van der Waals surface area contributed by atoms with E-state index in [0.29, 0.717) is 17.7 Å². The van der Waals surface area contributed by atoms with Gasteiger partial charge in [0.15, 0.2) is 0 Å². The monoisotopic (exact) mass is 442 g/mol. The lowest BCUT2D eigenvalue weighted by Crippen LogP contribution is -2.11. The Morgan fingerprint density at radius 2 is 1.79 bits per heavy atom. The third kappa shape index (κ3) is 4.69. The summed E-state index contributed by atoms with van der Waals surface area (Å²) in [7, 11) is 0. The Labute approximate surface area is 194 Å². The zero-order valence-corrected chi connectivity index (χ0v) is 19.4. The van der Waals surface area contributed by atoms with Gasteiger partial charge >= 0.3 is 5.97 Å². The molecule has 0 radical (unpaired) electrons. The molecule has 1 N–H and O–H groups in total. The molecule has 2 aromatic carbocycles. The molecule has 0 fully saturated rings. The van der Waals surface area contributed by atoms with E-state index in [1.165, 1.54) is 0 Å². The second kappa shape index (κ2) is 10.0. The average molecular weight is 443 g/mol. The topological polar surface area (TPSA) is 63.8 Å². The highest BCUT2D eigenvalue weighted by molar-refractivity contribution is 5.96. The van der Waals surface area contributed by atoms with E-state index >= 15 is 0 Å². The van der Waals surface area contributed by atoms with Gasteiger partial charge in [0.05, 0.1) is 17.0 Å². The fraction of sp³-hybridized carbons (Fsp3) is 0.286. The van der Waals surface area contributed by atoms with Gasteiger partial charge in [0, 0.05) is 12.8 Å². The summed E-state index contributed by atoms with van der Waals surface area (Å²) in [6.07, 6.45) is 4.79. The first-order chi connectivity index (χ1) is 16.0. The Hall–Kier alpha value is -3.44. The van der Waals surface area contributed by atoms with Gasteiger partial charge in [-0.1, -0.05) is 68.8 Å². The van der Waals surface area contributed by atoms with Crippen LogP contribution in [0, 0.1) is 6.92 Å². The Morgan fingerprint density at radius 1 is 1.03 bits per heavy atom. The number of ether oxygens (including phenoxy) is 1. The SMILES string of the molecule is CCCO[C@H](c1ccc(-c2ccccc2C(=O)O)cc1)c1ccc(C)c2nc(CCC)cn12. The van der Waals surface area contributed by atoms with Gasteiger partial charge in [-0.3, -0.25) is 0 Å². The summed E-state index contributed by atoms with van der Waals surface area (Å²) in [4.78, 5) is 16.5. The van der Waals surface area contributed by atoms with E-state index in [-0.39, 0.29) is 6.10 Å². The van der Waals surface area contributed by atoms with Crippen LogP contribution in [0.5, 0.6) is 0 Å². The summed E-state index contributed by atoms with van der Waals surface area (Å²) in [5, 5.41) is 9.55. The van der Waals surface area contributed by atoms with Gasteiger partial charge in [0.1, 0.15) is 11.8 Å². The Bertz CT molecular complexity index is 1260. The lowest BCUT2D eigenvalue weighted by molar-refractivity contribution is 0.0697. The van der Waals surface area contributed by atoms with Gasteiger partial charge in [-0.25, -0.2) is 9.78 Å². The van der Waals surface area contributed by atoms with Gasteiger partial charge in [0.25, 0.3) is 0 Å². The van der Waals surface area contributed by atoms with Crippen LogP contribution in [0.2, 0.25) is 0 Å². The summed E-state index contributed by atoms with van der Waals surface area (Å²) >= 11 is 0. The van der Waals surface area contributed by atoms with Crippen LogP contribution in [0.4, 0.5) is 0 Å². The number of carboxylic acid groups (broad SMARTS) is 1. The van der Waals surface area contributed by atoms with Gasteiger partial charge in [0.2, 0.25) is 0 Å². The maximum Gasteiger partial charge on any atom is 0.336 e. The molecule has 4 rings (SSSR count). The summed E-state index contributed by atoms with van der Waals surface area (Å²) in [6, 6.07) is 19.3. The van der Waals surface area contributed by atoms with Crippen molar-refractivity contribution >= 4 is 11.6 Å². The number of aromatic nitrogens is 2. The number of pyridine rings is 1. The number of benzene rings is 2. The van der Waals surface area contributed by atoms with Crippen molar-refractivity contribution in [2.45, 2.75) is 46.1 Å². The van der Waals surface area contributed by atoms with E-state index in [0.717, 1.165) is 53.0 Å². The zero-order chi connectivity index (χ0) is 23.4. The van der Waals surface area contributed by atoms with Crippen molar-refractivity contribution in [1.29, 1.82) is 0 Å². The first kappa shape index (κ1) is 22.7. The standard InChI is InChI=1S/C28H30N2O3/c1-4-8-22-18-30-25(16-11-19(3)27(30)29-22)26(33-17-5-2)21-14-12-20(13-15-21)23-9-6-7-10-24(23)28(31)32/h6-7,9-16,18,26H,4-5,8,17H2,1-3H3,(H,31,32)/t26-/m1/s1. The molecule has 4 aromatic rings. The highest BCUT2D eigenvalue weighted by Crippen LogP contribution is 2.31. The Kier molecular flexibility index (Phi) is 6.90. The van der Waals surface area contributed by atoms with Gasteiger partial charge in [-0.2, -0.15) is 0 Å². The molecule has 0 saturated heterocycles. The van der Waals surface area contributed by atoms with Crippen molar-refractivity contribution in [1.82, 2.24) is 9.38 Å². The van der Waals surface area contributed by atoms with Gasteiger partial charge in [-0.05, 0) is 54.2 Å². The fourth-order valence-electron chi connectivity index (χ4n) is 4.21. The van der Waals surface area contributed by atoms with E-state index < -0.39 is 5.97 Å². The number of fused-ring (bicyclic) bond motifs is 1. The molecule has 0 aliphatic carbocycles. The van der Waals surface area contributed by atoms with Crippen LogP contribution < -0.4 is 0 Å². The van der Waals surface area contributed by atoms with Crippen molar-refractivity contribution in [3.05, 3.63) is 94.9 Å². The van der Waals surface area contributed by atoms with Crippen molar-refractivity contribution in [3.8, 4) is 11.1 Å². The lowest BCUT2D eigenvalue weighted by Gasteiger charge is -2.21. The highest BCUT2D eigenvalue weighted by Gasteiger charge is 2.20. The smallest absolute Gasteiger partial charge is 0.336 e. The van der Waals surface area contributed by atoms with Crippen LogP contribution in [0.1, 0.15) is 65.7 Å². The predicted octanol–water partition coefficient (Wildman–Crippen LogP) is 6.48. The second-order valence-electron chi connectivity index (χ2n) is 8.34. The molecule has 0 saturated carbocycles. The van der Waals surface area contributed by atoms with Crippen molar-refractivity contribution in [3.63, 3.8) is 0 Å². The molecule has 170 valence electrons. The largest absolute Gasteiger partial charge is 0.478 e. The van der Waals surface area contributed by atoms with Gasteiger partial charge < -0.3 is 14.2 Å². The van der Waals surface area contributed by atoms with Crippen LogP contribution >= 0.6 is 0 Å². The molecular weight excluding hydrogens is 412 g/mol. The number of rotatable bonds is 9. The molecule has 33 heavy (non-hydrogen) atoms. The number of hydrogen-bond donors (Lipinski definition) is 1. The van der Waals surface area contributed by atoms with Crippen LogP contribution in [-0.2, 0) is 11.2 Å². The number of aryl methyl sites for hydroxylation is 2. The number of nitrogens with zero attached hydrogens (tertiary/aromatic N) is 2. The first-order valence-corrected chi connectivity index (χ1v) is 11.5. The minimum atomic E-state index is -0.927. The second-order valence-corrected chi connectivity index (χ2v) is 8.34. The number of imidazole rings is 1. The maximum absolute atomic E-state index is 11.6. The molecular formula is C28H30N2O3.